The van der Waals surface area contributed by atoms with Crippen molar-refractivity contribution in [2.75, 3.05) is 11.9 Å². The number of aliphatic hydroxyl groups is 1. The van der Waals surface area contributed by atoms with Gasteiger partial charge in [-0.3, -0.25) is 9.69 Å². The highest BCUT2D eigenvalue weighted by Crippen LogP contribution is 2.45. The lowest BCUT2D eigenvalue weighted by Crippen LogP contribution is -2.61. The van der Waals surface area contributed by atoms with E-state index in [1.54, 1.807) is 0 Å². The number of piperidine rings is 1. The van der Waals surface area contributed by atoms with Crippen LogP contribution >= 0.6 is 0 Å². The quantitative estimate of drug-likeness (QED) is 0.0986. The third kappa shape index (κ3) is 11.0. The van der Waals surface area contributed by atoms with E-state index in [2.05, 4.69) is 70.2 Å². The van der Waals surface area contributed by atoms with Gasteiger partial charge in [0.2, 0.25) is 5.91 Å². The SMILES string of the molecule is C[C@H]1[C@@H](CN2[C@@H](C(=O)NC(C)(C)C)CC[C@H]3CCCC[C@H]32)O[C@@H](c2ccc(-c3ccccc3CNC(=O)Nc3ccc(Oc4ccccc4)cc3)cc2)O[C@H]1c1ccc(CO)cc1. The normalized spacial score (nSPS) is 23.9. The van der Waals surface area contributed by atoms with Gasteiger partial charge in [0.15, 0.2) is 6.29 Å². The Hall–Kier alpha value is -5.52. The van der Waals surface area contributed by atoms with Crippen LogP contribution in [0.15, 0.2) is 127 Å². The Morgan fingerprint density at radius 2 is 1.44 bits per heavy atom. The number of likely N-dealkylation sites (tertiary alicyclic amines) is 1. The van der Waals surface area contributed by atoms with Crippen molar-refractivity contribution in [3.05, 3.63) is 150 Å². The summed E-state index contributed by atoms with van der Waals surface area (Å²) in [7, 11) is 0. The topological polar surface area (TPSA) is 121 Å². The number of fused-ring (bicyclic) bond motifs is 1. The Bertz CT molecular complexity index is 2280. The van der Waals surface area contributed by atoms with E-state index in [0.717, 1.165) is 58.4 Å². The molecule has 0 spiro atoms. The first kappa shape index (κ1) is 44.1. The van der Waals surface area contributed by atoms with E-state index in [1.165, 1.54) is 19.3 Å². The molecule has 4 N–H and O–H groups in total. The highest BCUT2D eigenvalue weighted by atomic mass is 16.7. The Kier molecular flexibility index (Phi) is 13.9. The average molecular weight is 851 g/mol. The number of carbonyl (C=O) groups is 2. The molecule has 0 bridgehead atoms. The fourth-order valence-corrected chi connectivity index (χ4v) is 9.62. The zero-order chi connectivity index (χ0) is 43.9. The molecule has 3 aliphatic rings. The first-order chi connectivity index (χ1) is 30.5. The van der Waals surface area contributed by atoms with Crippen LogP contribution in [0.4, 0.5) is 10.5 Å². The number of rotatable bonds is 12. The van der Waals surface area contributed by atoms with Gasteiger partial charge in [-0.2, -0.15) is 0 Å². The maximum absolute atomic E-state index is 14.0. The molecule has 7 atom stereocenters. The van der Waals surface area contributed by atoms with Crippen LogP contribution in [0.2, 0.25) is 0 Å². The number of benzene rings is 5. The van der Waals surface area contributed by atoms with E-state index in [9.17, 15) is 14.7 Å². The number of hydrogen-bond acceptors (Lipinski definition) is 7. The summed E-state index contributed by atoms with van der Waals surface area (Å²) >= 11 is 0. The standard InChI is InChI=1S/C53H62N4O6/c1-35-48(33-57-46-17-11-9-12-38(46)26-31-47(57)50(59)56-53(2,3)4)62-51(63-49(35)39-20-18-36(34-58)19-21-39)40-24-22-37(23-25-40)45-16-10-8-13-41(45)32-54-52(60)55-42-27-29-44(30-28-42)61-43-14-6-5-7-15-43/h5-8,10,13-16,18-25,27-30,35,38,46-49,51,58H,9,11-12,17,26,31-34H2,1-4H3,(H,56,59)(H2,54,55,60)/t35-,38+,46+,47+,48+,49+,51+/m0/s1. The number of anilines is 1. The molecule has 2 aliphatic heterocycles. The number of urea groups is 1. The number of carbonyl (C=O) groups excluding carboxylic acids is 2. The first-order valence-corrected chi connectivity index (χ1v) is 22.7. The van der Waals surface area contributed by atoms with Crippen LogP contribution in [-0.4, -0.2) is 52.2 Å². The zero-order valence-electron chi connectivity index (χ0n) is 37.0. The predicted octanol–water partition coefficient (Wildman–Crippen LogP) is 10.7. The van der Waals surface area contributed by atoms with Crippen LogP contribution in [0.25, 0.3) is 11.1 Å². The second kappa shape index (κ2) is 19.9. The minimum absolute atomic E-state index is 0.0135. The summed E-state index contributed by atoms with van der Waals surface area (Å²) in [6.07, 6.45) is 5.53. The maximum atomic E-state index is 14.0. The fourth-order valence-electron chi connectivity index (χ4n) is 9.62. The summed E-state index contributed by atoms with van der Waals surface area (Å²) in [6.45, 7) is 9.29. The van der Waals surface area contributed by atoms with E-state index >= 15 is 0 Å². The molecular formula is C53H62N4O6. The third-order valence-electron chi connectivity index (χ3n) is 12.9. The van der Waals surface area contributed by atoms with Gasteiger partial charge in [-0.1, -0.05) is 111 Å². The number of aliphatic hydroxyl groups excluding tert-OH is 1. The summed E-state index contributed by atoms with van der Waals surface area (Å²) in [5.41, 5.74) is 6.11. The molecule has 2 heterocycles. The molecule has 0 aromatic heterocycles. The van der Waals surface area contributed by atoms with Gasteiger partial charge in [-0.15, -0.1) is 0 Å². The summed E-state index contributed by atoms with van der Waals surface area (Å²) in [4.78, 5) is 29.5. The van der Waals surface area contributed by atoms with Crippen LogP contribution in [0.1, 0.15) is 101 Å². The minimum Gasteiger partial charge on any atom is -0.457 e. The first-order valence-electron chi connectivity index (χ1n) is 22.7. The van der Waals surface area contributed by atoms with Gasteiger partial charge in [0, 0.05) is 41.8 Å². The van der Waals surface area contributed by atoms with E-state index < -0.39 is 6.29 Å². The van der Waals surface area contributed by atoms with Crippen LogP contribution in [0, 0.1) is 11.8 Å². The smallest absolute Gasteiger partial charge is 0.319 e. The molecule has 5 aromatic carbocycles. The molecule has 63 heavy (non-hydrogen) atoms. The molecule has 0 radical (unpaired) electrons. The summed E-state index contributed by atoms with van der Waals surface area (Å²) < 4.78 is 19.8. The van der Waals surface area contributed by atoms with Crippen molar-refractivity contribution in [3.8, 4) is 22.6 Å². The van der Waals surface area contributed by atoms with Gasteiger partial charge in [-0.25, -0.2) is 4.79 Å². The highest BCUT2D eigenvalue weighted by Gasteiger charge is 2.46. The Morgan fingerprint density at radius 3 is 2.17 bits per heavy atom. The van der Waals surface area contributed by atoms with E-state index in [1.807, 2.05) is 106 Å². The summed E-state index contributed by atoms with van der Waals surface area (Å²) in [6, 6.07) is 41.1. The molecule has 10 nitrogen and oxygen atoms in total. The second-order valence-corrected chi connectivity index (χ2v) is 18.5. The van der Waals surface area contributed by atoms with Gasteiger partial charge in [0.1, 0.15) is 11.5 Å². The Morgan fingerprint density at radius 1 is 0.762 bits per heavy atom. The fraction of sp³-hybridized carbons (Fsp3) is 0.396. The Labute approximate surface area is 372 Å². The van der Waals surface area contributed by atoms with Gasteiger partial charge in [-0.05, 0) is 117 Å². The average Bonchev–Trinajstić information content (AvgIpc) is 3.29. The highest BCUT2D eigenvalue weighted by molar-refractivity contribution is 5.89. The molecule has 2 saturated heterocycles. The number of amides is 3. The largest absolute Gasteiger partial charge is 0.457 e. The van der Waals surface area contributed by atoms with E-state index in [4.69, 9.17) is 14.2 Å². The molecule has 0 unspecified atom stereocenters. The Balaban J connectivity index is 0.982. The van der Waals surface area contributed by atoms with Crippen molar-refractivity contribution < 1.29 is 28.9 Å². The van der Waals surface area contributed by atoms with Crippen molar-refractivity contribution in [2.24, 2.45) is 11.8 Å². The molecule has 3 amide bonds. The number of para-hydroxylation sites is 1. The summed E-state index contributed by atoms with van der Waals surface area (Å²) in [5.74, 6) is 2.10. The van der Waals surface area contributed by atoms with Crippen molar-refractivity contribution in [1.82, 2.24) is 15.5 Å². The lowest BCUT2D eigenvalue weighted by Gasteiger charge is -2.51. The van der Waals surface area contributed by atoms with Crippen LogP contribution in [0.3, 0.4) is 0 Å². The predicted molar refractivity (Wildman–Crippen MR) is 247 cm³/mol. The lowest BCUT2D eigenvalue weighted by molar-refractivity contribution is -0.278. The molecule has 1 aliphatic carbocycles. The van der Waals surface area contributed by atoms with Crippen molar-refractivity contribution in [2.45, 2.75) is 115 Å². The van der Waals surface area contributed by atoms with Crippen LogP contribution in [0.5, 0.6) is 11.5 Å². The lowest BCUT2D eigenvalue weighted by atomic mass is 9.75. The van der Waals surface area contributed by atoms with Gasteiger partial charge in [0.25, 0.3) is 0 Å². The maximum Gasteiger partial charge on any atom is 0.319 e. The number of ether oxygens (including phenoxy) is 3. The third-order valence-corrected chi connectivity index (χ3v) is 12.9. The number of hydrogen-bond donors (Lipinski definition) is 4. The molecule has 3 fully saturated rings. The van der Waals surface area contributed by atoms with E-state index in [0.29, 0.717) is 36.5 Å². The van der Waals surface area contributed by atoms with Crippen molar-refractivity contribution >= 4 is 17.6 Å². The van der Waals surface area contributed by atoms with Crippen LogP contribution in [-0.2, 0) is 27.4 Å². The van der Waals surface area contributed by atoms with E-state index in [-0.39, 0.29) is 48.3 Å². The minimum atomic E-state index is -0.642. The number of nitrogens with one attached hydrogen (secondary N) is 3. The van der Waals surface area contributed by atoms with Crippen LogP contribution < -0.4 is 20.7 Å². The second-order valence-electron chi connectivity index (χ2n) is 18.5. The molecule has 330 valence electrons. The molecule has 10 heteroatoms. The molecule has 5 aromatic rings. The van der Waals surface area contributed by atoms with Crippen molar-refractivity contribution in [1.29, 1.82) is 0 Å². The van der Waals surface area contributed by atoms with Gasteiger partial charge in [0.05, 0.1) is 24.9 Å². The molecule has 1 saturated carbocycles. The van der Waals surface area contributed by atoms with Gasteiger partial charge >= 0.3 is 6.03 Å². The van der Waals surface area contributed by atoms with Gasteiger partial charge < -0.3 is 35.3 Å². The van der Waals surface area contributed by atoms with Crippen molar-refractivity contribution in [3.63, 3.8) is 0 Å². The molecular weight excluding hydrogens is 789 g/mol. The number of nitrogens with zero attached hydrogens (tertiary/aromatic N) is 1. The zero-order valence-corrected chi connectivity index (χ0v) is 37.0. The molecule has 8 rings (SSSR count). The monoisotopic (exact) mass is 850 g/mol. The summed E-state index contributed by atoms with van der Waals surface area (Å²) in [5, 5.41) is 19.0.